The van der Waals surface area contributed by atoms with Crippen molar-refractivity contribution < 1.29 is 27.9 Å². The molecule has 0 bridgehead atoms. The lowest BCUT2D eigenvalue weighted by molar-refractivity contribution is -0.210. The molecule has 5 rings (SSSR count). The fourth-order valence-electron chi connectivity index (χ4n) is 9.05. The van der Waals surface area contributed by atoms with Crippen LogP contribution in [0.4, 0.5) is 13.2 Å². The molecular formula is C29H40F3NO3S. The molecule has 37 heavy (non-hydrogen) atoms. The number of likely N-dealkylation sites (tertiary alicyclic amines) is 1. The summed E-state index contributed by atoms with van der Waals surface area (Å²) in [6.07, 6.45) is 2.39. The van der Waals surface area contributed by atoms with E-state index < -0.39 is 46.1 Å². The standard InChI is InChI=1S/C29H40F3NO3S/c1-25(2,3)8-9-33-14-17-10-19-20-12-22(31)21-11-18(34)6-7-26(21,4)29(20,32)23(35)13-27(19,5)28(17,15-33)24(36)37-16-30/h6-7,11,17,19-20,22-23,35H,8-10,12-16H2,1-5H3/t17-,19-,20-,22-,23-,26-,27-,28+,29-/m0/s1. The van der Waals surface area contributed by atoms with E-state index in [4.69, 9.17) is 0 Å². The summed E-state index contributed by atoms with van der Waals surface area (Å²) in [4.78, 5) is 28.1. The van der Waals surface area contributed by atoms with Crippen molar-refractivity contribution in [1.82, 2.24) is 4.90 Å². The second kappa shape index (κ2) is 8.69. The summed E-state index contributed by atoms with van der Waals surface area (Å²) >= 11 is 0.684. The van der Waals surface area contributed by atoms with Crippen LogP contribution in [0.2, 0.25) is 0 Å². The van der Waals surface area contributed by atoms with Crippen LogP contribution in [0.3, 0.4) is 0 Å². The van der Waals surface area contributed by atoms with Crippen molar-refractivity contribution in [2.45, 2.75) is 78.2 Å². The predicted octanol–water partition coefficient (Wildman–Crippen LogP) is 5.46. The molecule has 4 fully saturated rings. The number of hydrogen-bond acceptors (Lipinski definition) is 5. The van der Waals surface area contributed by atoms with Gasteiger partial charge in [-0.25, -0.2) is 13.2 Å². The number of rotatable bonds is 4. The monoisotopic (exact) mass is 539 g/mol. The minimum atomic E-state index is -2.16. The summed E-state index contributed by atoms with van der Waals surface area (Å²) in [5.74, 6) is -1.62. The third-order valence-electron chi connectivity index (χ3n) is 11.0. The number of alkyl halides is 3. The Morgan fingerprint density at radius 2 is 1.95 bits per heavy atom. The number of carbonyl (C=O) groups is 2. The van der Waals surface area contributed by atoms with Crippen LogP contribution in [0.5, 0.6) is 0 Å². The van der Waals surface area contributed by atoms with Gasteiger partial charge in [0.2, 0.25) is 0 Å². The molecule has 8 heteroatoms. The quantitative estimate of drug-likeness (QED) is 0.515. The van der Waals surface area contributed by atoms with Crippen LogP contribution in [0.25, 0.3) is 0 Å². The number of aliphatic hydroxyl groups excluding tert-OH is 1. The molecule has 4 nitrogen and oxygen atoms in total. The number of nitrogens with zero attached hydrogens (tertiary/aromatic N) is 1. The van der Waals surface area contributed by atoms with Crippen LogP contribution in [-0.2, 0) is 9.59 Å². The highest BCUT2D eigenvalue weighted by Crippen LogP contribution is 2.75. The van der Waals surface area contributed by atoms with E-state index in [9.17, 15) is 19.1 Å². The second-order valence-electron chi connectivity index (χ2n) is 13.9. The van der Waals surface area contributed by atoms with Crippen LogP contribution in [0.15, 0.2) is 23.8 Å². The van der Waals surface area contributed by atoms with Gasteiger partial charge in [-0.3, -0.25) is 9.59 Å². The van der Waals surface area contributed by atoms with Crippen LogP contribution in [-0.4, -0.2) is 64.5 Å². The van der Waals surface area contributed by atoms with Crippen LogP contribution in [0.1, 0.15) is 60.3 Å². The molecule has 0 aromatic rings. The topological polar surface area (TPSA) is 57.6 Å². The van der Waals surface area contributed by atoms with Gasteiger partial charge in [0.25, 0.3) is 0 Å². The van der Waals surface area contributed by atoms with Gasteiger partial charge in [-0.15, -0.1) is 0 Å². The molecule has 0 unspecified atom stereocenters. The summed E-state index contributed by atoms with van der Waals surface area (Å²) in [5, 5.41) is 11.4. The number of ketones is 1. The van der Waals surface area contributed by atoms with Gasteiger partial charge in [0.1, 0.15) is 12.2 Å². The molecule has 0 aromatic carbocycles. The van der Waals surface area contributed by atoms with Crippen molar-refractivity contribution in [3.8, 4) is 0 Å². The number of fused-ring (bicyclic) bond motifs is 7. The molecule has 0 amide bonds. The molecule has 3 saturated carbocycles. The first-order chi connectivity index (χ1) is 17.1. The predicted molar refractivity (Wildman–Crippen MR) is 139 cm³/mol. The molecule has 0 radical (unpaired) electrons. The van der Waals surface area contributed by atoms with Crippen LogP contribution in [0, 0.1) is 39.4 Å². The minimum Gasteiger partial charge on any atom is -0.390 e. The highest BCUT2D eigenvalue weighted by atomic mass is 32.2. The van der Waals surface area contributed by atoms with Gasteiger partial charge >= 0.3 is 0 Å². The first kappa shape index (κ1) is 27.4. The van der Waals surface area contributed by atoms with Crippen molar-refractivity contribution in [2.75, 3.05) is 25.6 Å². The second-order valence-corrected chi connectivity index (χ2v) is 14.7. The third-order valence-corrected chi connectivity index (χ3v) is 11.7. The Balaban J connectivity index is 1.56. The number of aliphatic hydroxyl groups is 1. The van der Waals surface area contributed by atoms with E-state index >= 15 is 8.78 Å². The van der Waals surface area contributed by atoms with E-state index in [1.165, 1.54) is 18.2 Å². The van der Waals surface area contributed by atoms with Crippen molar-refractivity contribution >= 4 is 22.7 Å². The Bertz CT molecular complexity index is 1060. The fraction of sp³-hybridized carbons (Fsp3) is 0.793. The van der Waals surface area contributed by atoms with Crippen molar-refractivity contribution in [2.24, 2.45) is 39.4 Å². The number of halogens is 3. The van der Waals surface area contributed by atoms with Crippen molar-refractivity contribution in [3.63, 3.8) is 0 Å². The smallest absolute Gasteiger partial charge is 0.199 e. The van der Waals surface area contributed by atoms with E-state index in [0.717, 1.165) is 13.0 Å². The fourth-order valence-corrected chi connectivity index (χ4v) is 9.87. The number of thioether (sulfide) groups is 1. The Labute approximate surface area is 222 Å². The molecular weight excluding hydrogens is 499 g/mol. The zero-order valence-corrected chi connectivity index (χ0v) is 23.3. The molecule has 0 aromatic heterocycles. The van der Waals surface area contributed by atoms with Gasteiger partial charge in [0.05, 0.1) is 11.5 Å². The van der Waals surface area contributed by atoms with Gasteiger partial charge in [-0.2, -0.15) is 0 Å². The minimum absolute atomic E-state index is 0.0501. The van der Waals surface area contributed by atoms with E-state index in [2.05, 4.69) is 25.7 Å². The lowest BCUT2D eigenvalue weighted by Crippen LogP contribution is -2.69. The summed E-state index contributed by atoms with van der Waals surface area (Å²) in [7, 11) is 0. The normalized spacial score (nSPS) is 47.2. The number of allylic oxidation sites excluding steroid dienone is 4. The molecule has 4 aliphatic carbocycles. The largest absolute Gasteiger partial charge is 0.390 e. The van der Waals surface area contributed by atoms with Gasteiger partial charge in [0.15, 0.2) is 16.6 Å². The Kier molecular flexibility index (Phi) is 6.45. The lowest BCUT2D eigenvalue weighted by atomic mass is 9.43. The Morgan fingerprint density at radius 3 is 2.59 bits per heavy atom. The highest BCUT2D eigenvalue weighted by Gasteiger charge is 2.78. The number of carbonyl (C=O) groups excluding carboxylic acids is 2. The third kappa shape index (κ3) is 3.63. The lowest BCUT2D eigenvalue weighted by Gasteiger charge is -2.63. The van der Waals surface area contributed by atoms with E-state index in [-0.39, 0.29) is 46.6 Å². The first-order valence-corrected chi connectivity index (χ1v) is 14.5. The van der Waals surface area contributed by atoms with Gasteiger partial charge in [-0.05, 0) is 79.5 Å². The average molecular weight is 540 g/mol. The summed E-state index contributed by atoms with van der Waals surface area (Å²) in [6.45, 7) is 12.0. The van der Waals surface area contributed by atoms with Gasteiger partial charge in [-0.1, -0.05) is 45.5 Å². The average Bonchev–Trinajstić information content (AvgIpc) is 3.29. The molecule has 206 valence electrons. The molecule has 1 saturated heterocycles. The summed E-state index contributed by atoms with van der Waals surface area (Å²) < 4.78 is 46.7. The maximum Gasteiger partial charge on any atom is 0.199 e. The maximum absolute atomic E-state index is 17.4. The molecule has 0 spiro atoms. The van der Waals surface area contributed by atoms with E-state index in [0.29, 0.717) is 31.3 Å². The first-order valence-electron chi connectivity index (χ1n) is 13.6. The van der Waals surface area contributed by atoms with E-state index in [1.807, 2.05) is 6.92 Å². The molecule has 1 aliphatic heterocycles. The van der Waals surface area contributed by atoms with Gasteiger partial charge in [0, 0.05) is 24.4 Å². The van der Waals surface area contributed by atoms with Crippen LogP contribution >= 0.6 is 11.8 Å². The molecule has 9 atom stereocenters. The van der Waals surface area contributed by atoms with Crippen molar-refractivity contribution in [3.05, 3.63) is 23.8 Å². The molecule has 1 heterocycles. The Hall–Kier alpha value is -1.12. The summed E-state index contributed by atoms with van der Waals surface area (Å²) in [5.41, 5.74) is -5.09. The number of hydrogen-bond donors (Lipinski definition) is 1. The highest BCUT2D eigenvalue weighted by molar-refractivity contribution is 8.13. The van der Waals surface area contributed by atoms with Crippen LogP contribution < -0.4 is 0 Å². The Morgan fingerprint density at radius 1 is 1.24 bits per heavy atom. The van der Waals surface area contributed by atoms with E-state index in [1.54, 1.807) is 6.92 Å². The zero-order valence-electron chi connectivity index (χ0n) is 22.5. The molecule has 1 N–H and O–H groups in total. The maximum atomic E-state index is 17.4. The van der Waals surface area contributed by atoms with Gasteiger partial charge < -0.3 is 10.0 Å². The van der Waals surface area contributed by atoms with Crippen molar-refractivity contribution in [1.29, 1.82) is 0 Å². The zero-order chi connectivity index (χ0) is 27.2. The summed E-state index contributed by atoms with van der Waals surface area (Å²) in [6, 6.07) is -0.827. The SMILES string of the molecule is CC(C)(C)CCN1C[C@@H]2C[C@H]3[C@@H]4C[C@H](F)C5=CC(=O)C=C[C@]5(C)[C@@]4(F)[C@@H](O)C[C@]3(C)[C@]2(C(=O)SCF)C1. The molecule has 5 aliphatic rings.